The first-order chi connectivity index (χ1) is 11.9. The molecule has 0 saturated heterocycles. The Bertz CT molecular complexity index is 971. The lowest BCUT2D eigenvalue weighted by Crippen LogP contribution is -2.12. The highest BCUT2D eigenvalue weighted by atomic mass is 35.5. The van der Waals surface area contributed by atoms with Crippen molar-refractivity contribution in [3.63, 3.8) is 0 Å². The van der Waals surface area contributed by atoms with E-state index in [4.69, 9.17) is 16.3 Å². The summed E-state index contributed by atoms with van der Waals surface area (Å²) in [4.78, 5) is 32.3. The Kier molecular flexibility index (Phi) is 4.59. The van der Waals surface area contributed by atoms with Crippen molar-refractivity contribution in [2.75, 3.05) is 7.11 Å². The van der Waals surface area contributed by atoms with Crippen molar-refractivity contribution in [1.29, 1.82) is 0 Å². The number of methoxy groups -OCH3 is 1. The van der Waals surface area contributed by atoms with Gasteiger partial charge in [0.25, 0.3) is 0 Å². The summed E-state index contributed by atoms with van der Waals surface area (Å²) in [6, 6.07) is 8.88. The van der Waals surface area contributed by atoms with E-state index >= 15 is 0 Å². The van der Waals surface area contributed by atoms with Crippen LogP contribution in [0, 0.1) is 13.8 Å². The van der Waals surface area contributed by atoms with Crippen LogP contribution in [0.3, 0.4) is 0 Å². The minimum atomic E-state index is -0.427. The summed E-state index contributed by atoms with van der Waals surface area (Å²) in [6.07, 6.45) is -0.0251. The van der Waals surface area contributed by atoms with Crippen LogP contribution in [0.1, 0.15) is 33.0 Å². The molecular weight excluding hydrogens is 340 g/mol. The number of H-pyrrole nitrogens is 1. The standard InChI is InChI=1S/C19H17ClN2O3/c1-10-6-11(2)21-16(7-10)19(24)18-14(9-17(23)25-3)13-8-12(20)4-5-15(13)22-18/h4-8,22H,9H2,1-3H3. The first-order valence-corrected chi connectivity index (χ1v) is 8.13. The van der Waals surface area contributed by atoms with Crippen LogP contribution in [-0.4, -0.2) is 28.8 Å². The second-order valence-electron chi connectivity index (χ2n) is 5.92. The lowest BCUT2D eigenvalue weighted by Gasteiger charge is -2.05. The average Bonchev–Trinajstić information content (AvgIpc) is 2.91. The molecule has 2 aromatic heterocycles. The zero-order valence-electron chi connectivity index (χ0n) is 14.1. The third-order valence-electron chi connectivity index (χ3n) is 3.97. The number of hydrogen-bond acceptors (Lipinski definition) is 4. The van der Waals surface area contributed by atoms with Gasteiger partial charge in [-0.25, -0.2) is 4.98 Å². The topological polar surface area (TPSA) is 72.1 Å². The van der Waals surface area contributed by atoms with Crippen molar-refractivity contribution in [2.24, 2.45) is 0 Å². The largest absolute Gasteiger partial charge is 0.469 e. The number of ether oxygens (including phenoxy) is 1. The molecule has 0 unspecified atom stereocenters. The van der Waals surface area contributed by atoms with E-state index in [-0.39, 0.29) is 12.2 Å². The summed E-state index contributed by atoms with van der Waals surface area (Å²) in [5.74, 6) is -0.693. The normalized spacial score (nSPS) is 10.9. The quantitative estimate of drug-likeness (QED) is 0.570. The molecule has 0 amide bonds. The van der Waals surface area contributed by atoms with Gasteiger partial charge in [0.2, 0.25) is 5.78 Å². The van der Waals surface area contributed by atoms with E-state index in [1.807, 2.05) is 19.9 Å². The zero-order valence-corrected chi connectivity index (χ0v) is 14.9. The molecule has 3 aromatic rings. The first-order valence-electron chi connectivity index (χ1n) is 7.76. The van der Waals surface area contributed by atoms with Crippen LogP contribution >= 0.6 is 11.6 Å². The van der Waals surface area contributed by atoms with E-state index in [0.717, 1.165) is 22.2 Å². The second kappa shape index (κ2) is 6.69. The Balaban J connectivity index is 2.18. The number of carbonyl (C=O) groups is 2. The maximum atomic E-state index is 13.0. The maximum Gasteiger partial charge on any atom is 0.310 e. The molecule has 5 nitrogen and oxygen atoms in total. The van der Waals surface area contributed by atoms with Crippen LogP contribution in [0.5, 0.6) is 0 Å². The Morgan fingerprint density at radius 2 is 1.96 bits per heavy atom. The summed E-state index contributed by atoms with van der Waals surface area (Å²) in [6.45, 7) is 3.75. The van der Waals surface area contributed by atoms with E-state index in [2.05, 4.69) is 9.97 Å². The molecule has 0 bridgehead atoms. The van der Waals surface area contributed by atoms with E-state index in [1.165, 1.54) is 7.11 Å². The van der Waals surface area contributed by atoms with Gasteiger partial charge >= 0.3 is 5.97 Å². The third kappa shape index (κ3) is 3.42. The number of halogens is 1. The van der Waals surface area contributed by atoms with Crippen LogP contribution in [0.15, 0.2) is 30.3 Å². The van der Waals surface area contributed by atoms with Gasteiger partial charge < -0.3 is 9.72 Å². The molecule has 0 aliphatic heterocycles. The number of carbonyl (C=O) groups excluding carboxylic acids is 2. The fraction of sp³-hybridized carbons (Fsp3) is 0.211. The van der Waals surface area contributed by atoms with Gasteiger partial charge in [0.15, 0.2) is 0 Å². The zero-order chi connectivity index (χ0) is 18.1. The Morgan fingerprint density at radius 1 is 1.20 bits per heavy atom. The summed E-state index contributed by atoms with van der Waals surface area (Å²) in [5.41, 5.74) is 3.68. The van der Waals surface area contributed by atoms with Crippen LogP contribution in [-0.2, 0) is 16.0 Å². The lowest BCUT2D eigenvalue weighted by molar-refractivity contribution is -0.139. The second-order valence-corrected chi connectivity index (χ2v) is 6.36. The van der Waals surface area contributed by atoms with Gasteiger partial charge in [0.05, 0.1) is 19.2 Å². The molecule has 25 heavy (non-hydrogen) atoms. The van der Waals surface area contributed by atoms with Gasteiger partial charge in [-0.1, -0.05) is 11.6 Å². The number of hydrogen-bond donors (Lipinski definition) is 1. The Morgan fingerprint density at radius 3 is 2.64 bits per heavy atom. The maximum absolute atomic E-state index is 13.0. The minimum absolute atomic E-state index is 0.0251. The number of benzene rings is 1. The van der Waals surface area contributed by atoms with Crippen molar-refractivity contribution in [1.82, 2.24) is 9.97 Å². The van der Waals surface area contributed by atoms with E-state index < -0.39 is 5.97 Å². The summed E-state index contributed by atoms with van der Waals surface area (Å²) < 4.78 is 4.77. The fourth-order valence-corrected chi connectivity index (χ4v) is 3.07. The first kappa shape index (κ1) is 17.2. The minimum Gasteiger partial charge on any atom is -0.469 e. The predicted octanol–water partition coefficient (Wildman–Crippen LogP) is 3.78. The molecule has 0 saturated carbocycles. The summed E-state index contributed by atoms with van der Waals surface area (Å²) in [7, 11) is 1.32. The van der Waals surface area contributed by atoms with Crippen LogP contribution in [0.2, 0.25) is 5.02 Å². The van der Waals surface area contributed by atoms with Gasteiger partial charge in [-0.15, -0.1) is 0 Å². The van der Waals surface area contributed by atoms with Gasteiger partial charge in [-0.2, -0.15) is 0 Å². The number of nitrogens with one attached hydrogen (secondary N) is 1. The monoisotopic (exact) mass is 356 g/mol. The highest BCUT2D eigenvalue weighted by molar-refractivity contribution is 6.31. The molecule has 0 radical (unpaired) electrons. The highest BCUT2D eigenvalue weighted by Gasteiger charge is 2.22. The number of ketones is 1. The molecule has 0 aliphatic carbocycles. The number of pyridine rings is 1. The molecular formula is C19H17ClN2O3. The average molecular weight is 357 g/mol. The molecule has 3 rings (SSSR count). The summed E-state index contributed by atoms with van der Waals surface area (Å²) in [5, 5.41) is 1.26. The highest BCUT2D eigenvalue weighted by Crippen LogP contribution is 2.28. The lowest BCUT2D eigenvalue weighted by atomic mass is 10.0. The molecule has 0 fully saturated rings. The van der Waals surface area contributed by atoms with Crippen molar-refractivity contribution >= 4 is 34.3 Å². The fourth-order valence-electron chi connectivity index (χ4n) is 2.90. The number of nitrogens with zero attached hydrogens (tertiary/aromatic N) is 1. The number of aryl methyl sites for hydroxylation is 2. The van der Waals surface area contributed by atoms with Crippen LogP contribution < -0.4 is 0 Å². The third-order valence-corrected chi connectivity index (χ3v) is 4.21. The molecule has 2 heterocycles. The van der Waals surface area contributed by atoms with Crippen molar-refractivity contribution in [3.8, 4) is 0 Å². The molecule has 1 N–H and O–H groups in total. The van der Waals surface area contributed by atoms with Crippen molar-refractivity contribution in [2.45, 2.75) is 20.3 Å². The number of aromatic amines is 1. The molecule has 0 aliphatic rings. The molecule has 6 heteroatoms. The molecule has 1 aromatic carbocycles. The number of rotatable bonds is 4. The summed E-state index contributed by atoms with van der Waals surface area (Å²) >= 11 is 6.08. The number of aromatic nitrogens is 2. The predicted molar refractivity (Wildman–Crippen MR) is 96.2 cm³/mol. The molecule has 0 atom stereocenters. The van der Waals surface area contributed by atoms with Crippen molar-refractivity contribution in [3.05, 3.63) is 63.6 Å². The smallest absolute Gasteiger partial charge is 0.310 e. The Labute approximate surface area is 150 Å². The van der Waals surface area contributed by atoms with Crippen LogP contribution in [0.25, 0.3) is 10.9 Å². The number of esters is 1. The SMILES string of the molecule is COC(=O)Cc1c(C(=O)c2cc(C)cc(C)n2)[nH]c2ccc(Cl)cc12. The number of fused-ring (bicyclic) bond motifs is 1. The van der Waals surface area contributed by atoms with E-state index in [9.17, 15) is 9.59 Å². The van der Waals surface area contributed by atoms with Crippen LogP contribution in [0.4, 0.5) is 0 Å². The van der Waals surface area contributed by atoms with Gasteiger partial charge in [0.1, 0.15) is 5.69 Å². The van der Waals surface area contributed by atoms with E-state index in [1.54, 1.807) is 24.3 Å². The molecule has 128 valence electrons. The van der Waals surface area contributed by atoms with Gasteiger partial charge in [-0.05, 0) is 49.7 Å². The van der Waals surface area contributed by atoms with Gasteiger partial charge in [-0.3, -0.25) is 9.59 Å². The molecule has 0 spiro atoms. The Hall–Kier alpha value is -2.66. The van der Waals surface area contributed by atoms with E-state index in [0.29, 0.717) is 22.0 Å². The van der Waals surface area contributed by atoms with Crippen molar-refractivity contribution < 1.29 is 14.3 Å². The van der Waals surface area contributed by atoms with Gasteiger partial charge in [0, 0.05) is 27.2 Å².